The van der Waals surface area contributed by atoms with E-state index >= 15 is 0 Å². The Morgan fingerprint density at radius 1 is 1.42 bits per heavy atom. The van der Waals surface area contributed by atoms with E-state index in [1.165, 1.54) is 0 Å². The van der Waals surface area contributed by atoms with Crippen LogP contribution >= 0.6 is 15.9 Å². The van der Waals surface area contributed by atoms with Gasteiger partial charge >= 0.3 is 0 Å². The number of anilines is 1. The molecular weight excluding hydrogens is 308 g/mol. The van der Waals surface area contributed by atoms with Gasteiger partial charge in [0.1, 0.15) is 5.75 Å². The van der Waals surface area contributed by atoms with Crippen molar-refractivity contribution in [2.24, 2.45) is 0 Å². The predicted octanol–water partition coefficient (Wildman–Crippen LogP) is 2.56. The normalized spacial score (nSPS) is 19.3. The number of nitrogens with one attached hydrogen (secondary N) is 1. The van der Waals surface area contributed by atoms with Crippen molar-refractivity contribution in [1.29, 1.82) is 0 Å². The Labute approximate surface area is 122 Å². The van der Waals surface area contributed by atoms with E-state index < -0.39 is 0 Å². The molecule has 1 unspecified atom stereocenters. The quantitative estimate of drug-likeness (QED) is 0.924. The zero-order valence-corrected chi connectivity index (χ0v) is 13.0. The van der Waals surface area contributed by atoms with Crippen molar-refractivity contribution in [2.75, 3.05) is 18.6 Å². The van der Waals surface area contributed by atoms with Crippen LogP contribution in [-0.2, 0) is 4.79 Å². The van der Waals surface area contributed by atoms with E-state index in [2.05, 4.69) is 35.1 Å². The standard InChI is InChI=1S/C14H19BrN2O2/c1-9(2)16-13-4-5-17(14(13)18)11-6-10(15)7-12(8-11)19-3/h6-9,13,16H,4-5H2,1-3H3. The maximum absolute atomic E-state index is 12.4. The molecule has 1 aromatic carbocycles. The van der Waals surface area contributed by atoms with Crippen molar-refractivity contribution >= 4 is 27.5 Å². The highest BCUT2D eigenvalue weighted by Crippen LogP contribution is 2.29. The van der Waals surface area contributed by atoms with Crippen molar-refractivity contribution in [2.45, 2.75) is 32.4 Å². The number of carbonyl (C=O) groups excluding carboxylic acids is 1. The van der Waals surface area contributed by atoms with Gasteiger partial charge in [-0.25, -0.2) is 0 Å². The Morgan fingerprint density at radius 3 is 2.79 bits per heavy atom. The molecular formula is C14H19BrN2O2. The average molecular weight is 327 g/mol. The lowest BCUT2D eigenvalue weighted by Gasteiger charge is -2.19. The first-order valence-electron chi connectivity index (χ1n) is 6.43. The zero-order valence-electron chi connectivity index (χ0n) is 11.4. The Balaban J connectivity index is 2.19. The Bertz CT molecular complexity index is 477. The summed E-state index contributed by atoms with van der Waals surface area (Å²) in [5, 5.41) is 3.30. The van der Waals surface area contributed by atoms with Gasteiger partial charge in [-0.2, -0.15) is 0 Å². The Kier molecular flexibility index (Phi) is 4.47. The number of ether oxygens (including phenoxy) is 1. The minimum Gasteiger partial charge on any atom is -0.497 e. The number of amides is 1. The maximum atomic E-state index is 12.4. The molecule has 1 aliphatic rings. The summed E-state index contributed by atoms with van der Waals surface area (Å²) in [5.74, 6) is 0.881. The van der Waals surface area contributed by atoms with Crippen LogP contribution in [0, 0.1) is 0 Å². The molecule has 1 aliphatic heterocycles. The van der Waals surface area contributed by atoms with Crippen LogP contribution in [0.4, 0.5) is 5.69 Å². The molecule has 0 aromatic heterocycles. The van der Waals surface area contributed by atoms with Gasteiger partial charge in [0.05, 0.1) is 13.2 Å². The van der Waals surface area contributed by atoms with Gasteiger partial charge in [-0.3, -0.25) is 4.79 Å². The number of carbonyl (C=O) groups is 1. The molecule has 1 N–H and O–H groups in total. The molecule has 1 saturated heterocycles. The number of halogens is 1. The van der Waals surface area contributed by atoms with Crippen LogP contribution in [0.3, 0.4) is 0 Å². The lowest BCUT2D eigenvalue weighted by atomic mass is 10.2. The minimum atomic E-state index is -0.0787. The number of nitrogens with zero attached hydrogens (tertiary/aromatic N) is 1. The molecule has 4 nitrogen and oxygen atoms in total. The number of hydrogen-bond acceptors (Lipinski definition) is 3. The van der Waals surface area contributed by atoms with Crippen LogP contribution < -0.4 is 15.0 Å². The smallest absolute Gasteiger partial charge is 0.244 e. The average Bonchev–Trinajstić information content (AvgIpc) is 2.69. The van der Waals surface area contributed by atoms with Crippen molar-refractivity contribution in [3.8, 4) is 5.75 Å². The Morgan fingerprint density at radius 2 is 2.16 bits per heavy atom. The molecule has 0 radical (unpaired) electrons. The molecule has 19 heavy (non-hydrogen) atoms. The fraction of sp³-hybridized carbons (Fsp3) is 0.500. The van der Waals surface area contributed by atoms with E-state index in [-0.39, 0.29) is 11.9 Å². The van der Waals surface area contributed by atoms with Gasteiger partial charge < -0.3 is 15.0 Å². The van der Waals surface area contributed by atoms with Crippen LogP contribution in [0.25, 0.3) is 0 Å². The summed E-state index contributed by atoms with van der Waals surface area (Å²) in [6.07, 6.45) is 0.839. The van der Waals surface area contributed by atoms with E-state index in [0.717, 1.165) is 28.9 Å². The number of benzene rings is 1. The number of methoxy groups -OCH3 is 1. The largest absolute Gasteiger partial charge is 0.497 e. The van der Waals surface area contributed by atoms with Gasteiger partial charge in [-0.1, -0.05) is 29.8 Å². The third-order valence-corrected chi connectivity index (χ3v) is 3.60. The second kappa shape index (κ2) is 5.92. The number of hydrogen-bond donors (Lipinski definition) is 1. The van der Waals surface area contributed by atoms with Crippen molar-refractivity contribution < 1.29 is 9.53 Å². The summed E-state index contributed by atoms with van der Waals surface area (Å²) in [7, 11) is 1.63. The summed E-state index contributed by atoms with van der Waals surface area (Å²) in [6.45, 7) is 4.85. The molecule has 1 aromatic rings. The molecule has 0 bridgehead atoms. The molecule has 2 rings (SSSR count). The van der Waals surface area contributed by atoms with E-state index in [9.17, 15) is 4.79 Å². The monoisotopic (exact) mass is 326 g/mol. The molecule has 1 fully saturated rings. The highest BCUT2D eigenvalue weighted by atomic mass is 79.9. The van der Waals surface area contributed by atoms with Gasteiger partial charge in [-0.05, 0) is 18.6 Å². The van der Waals surface area contributed by atoms with Gasteiger partial charge in [0.15, 0.2) is 0 Å². The van der Waals surface area contributed by atoms with E-state index in [0.29, 0.717) is 6.04 Å². The van der Waals surface area contributed by atoms with E-state index in [1.54, 1.807) is 7.11 Å². The highest BCUT2D eigenvalue weighted by Gasteiger charge is 2.32. The summed E-state index contributed by atoms with van der Waals surface area (Å²) >= 11 is 3.44. The first-order chi connectivity index (χ1) is 9.01. The molecule has 5 heteroatoms. The lowest BCUT2D eigenvalue weighted by molar-refractivity contribution is -0.118. The van der Waals surface area contributed by atoms with E-state index in [1.807, 2.05) is 23.1 Å². The predicted molar refractivity (Wildman–Crippen MR) is 79.7 cm³/mol. The van der Waals surface area contributed by atoms with Crippen LogP contribution in [-0.4, -0.2) is 31.6 Å². The maximum Gasteiger partial charge on any atom is 0.244 e. The van der Waals surface area contributed by atoms with Gasteiger partial charge in [0, 0.05) is 28.8 Å². The molecule has 1 heterocycles. The lowest BCUT2D eigenvalue weighted by Crippen LogP contribution is -2.41. The summed E-state index contributed by atoms with van der Waals surface area (Å²) in [5.41, 5.74) is 0.879. The molecule has 0 aliphatic carbocycles. The molecule has 1 amide bonds. The highest BCUT2D eigenvalue weighted by molar-refractivity contribution is 9.10. The molecule has 0 saturated carbocycles. The second-order valence-corrected chi connectivity index (χ2v) is 5.92. The number of rotatable bonds is 4. The summed E-state index contributed by atoms with van der Waals surface area (Å²) in [6, 6.07) is 5.95. The molecule has 104 valence electrons. The van der Waals surface area contributed by atoms with Crippen molar-refractivity contribution in [1.82, 2.24) is 5.32 Å². The van der Waals surface area contributed by atoms with E-state index in [4.69, 9.17) is 4.74 Å². The van der Waals surface area contributed by atoms with Crippen LogP contribution in [0.5, 0.6) is 5.75 Å². The van der Waals surface area contributed by atoms with Gasteiger partial charge in [-0.15, -0.1) is 0 Å². The summed E-state index contributed by atoms with van der Waals surface area (Å²) < 4.78 is 6.15. The first kappa shape index (κ1) is 14.3. The topological polar surface area (TPSA) is 41.6 Å². The van der Waals surface area contributed by atoms with Gasteiger partial charge in [0.2, 0.25) is 5.91 Å². The molecule has 0 spiro atoms. The third-order valence-electron chi connectivity index (χ3n) is 3.14. The van der Waals surface area contributed by atoms with Crippen molar-refractivity contribution in [3.05, 3.63) is 22.7 Å². The SMILES string of the molecule is COc1cc(Br)cc(N2CCC(NC(C)C)C2=O)c1. The molecule has 1 atom stereocenters. The third kappa shape index (κ3) is 3.28. The zero-order chi connectivity index (χ0) is 14.0. The first-order valence-corrected chi connectivity index (χ1v) is 7.22. The minimum absolute atomic E-state index is 0.0787. The summed E-state index contributed by atoms with van der Waals surface area (Å²) in [4.78, 5) is 14.2. The van der Waals surface area contributed by atoms with Crippen LogP contribution in [0.1, 0.15) is 20.3 Å². The second-order valence-electron chi connectivity index (χ2n) is 5.00. The fourth-order valence-electron chi connectivity index (χ4n) is 2.31. The fourth-order valence-corrected chi connectivity index (χ4v) is 2.78. The van der Waals surface area contributed by atoms with Crippen molar-refractivity contribution in [3.63, 3.8) is 0 Å². The van der Waals surface area contributed by atoms with Crippen LogP contribution in [0.15, 0.2) is 22.7 Å². The Hall–Kier alpha value is -1.07. The van der Waals surface area contributed by atoms with Gasteiger partial charge in [0.25, 0.3) is 0 Å². The van der Waals surface area contributed by atoms with Crippen LogP contribution in [0.2, 0.25) is 0 Å².